The van der Waals surface area contributed by atoms with E-state index in [9.17, 15) is 20.0 Å². The van der Waals surface area contributed by atoms with Gasteiger partial charge in [0, 0.05) is 23.9 Å². The predicted octanol–water partition coefficient (Wildman–Crippen LogP) is 1.30. The van der Waals surface area contributed by atoms with Crippen LogP contribution < -0.4 is 15.4 Å². The highest BCUT2D eigenvalue weighted by Gasteiger charge is 2.31. The molecule has 1 heterocycles. The number of nitro groups is 1. The summed E-state index contributed by atoms with van der Waals surface area (Å²) in [6.45, 7) is -0.635. The van der Waals surface area contributed by atoms with E-state index in [4.69, 9.17) is 15.6 Å². The third-order valence-corrected chi connectivity index (χ3v) is 3.96. The van der Waals surface area contributed by atoms with Crippen LogP contribution in [0.25, 0.3) is 6.08 Å². The first kappa shape index (κ1) is 18.4. The van der Waals surface area contributed by atoms with Crippen LogP contribution in [0.3, 0.4) is 0 Å². The van der Waals surface area contributed by atoms with Crippen molar-refractivity contribution in [2.75, 3.05) is 23.8 Å². The van der Waals surface area contributed by atoms with Gasteiger partial charge in [-0.25, -0.2) is 0 Å². The maximum Gasteiger partial charge on any atom is 0.294 e. The minimum Gasteiger partial charge on any atom is -0.449 e. The quantitative estimate of drug-likeness (QED) is 0.311. The van der Waals surface area contributed by atoms with E-state index >= 15 is 0 Å². The number of rotatable bonds is 5. The largest absolute Gasteiger partial charge is 0.449 e. The molecule has 2 aromatic rings. The number of aliphatic hydroxyl groups is 2. The van der Waals surface area contributed by atoms with Crippen LogP contribution in [0.1, 0.15) is 5.56 Å². The van der Waals surface area contributed by atoms with E-state index in [1.165, 1.54) is 35.2 Å². The number of carbonyl (C=O) groups excluding carboxylic acids is 1. The number of aliphatic hydroxyl groups excluding tert-OH is 2. The Bertz CT molecular complexity index is 910. The highest BCUT2D eigenvalue weighted by atomic mass is 16.6. The molecule has 1 aliphatic rings. The predicted molar refractivity (Wildman–Crippen MR) is 98.0 cm³/mol. The molecule has 4 N–H and O–H groups in total. The fourth-order valence-electron chi connectivity index (χ4n) is 2.62. The average Bonchev–Trinajstić information content (AvgIpc) is 2.65. The molecule has 0 aromatic heterocycles. The highest BCUT2D eigenvalue weighted by molar-refractivity contribution is 6.10. The smallest absolute Gasteiger partial charge is 0.294 e. The zero-order valence-electron chi connectivity index (χ0n) is 14.1. The fourth-order valence-corrected chi connectivity index (χ4v) is 2.62. The van der Waals surface area contributed by atoms with Gasteiger partial charge >= 0.3 is 0 Å². The molecular weight excluding hydrogens is 354 g/mol. The Balaban J connectivity index is 1.98. The summed E-state index contributed by atoms with van der Waals surface area (Å²) in [4.78, 5) is 24.3. The van der Waals surface area contributed by atoms with E-state index in [2.05, 4.69) is 0 Å². The lowest BCUT2D eigenvalue weighted by molar-refractivity contribution is -0.384. The molecule has 0 fully saturated rings. The van der Waals surface area contributed by atoms with Gasteiger partial charge in [0.1, 0.15) is 0 Å². The molecule has 0 bridgehead atoms. The van der Waals surface area contributed by atoms with Gasteiger partial charge in [0.05, 0.1) is 29.9 Å². The van der Waals surface area contributed by atoms with Crippen LogP contribution in [0.5, 0.6) is 5.75 Å². The first-order chi connectivity index (χ1) is 12.9. The second-order valence-electron chi connectivity index (χ2n) is 5.94. The van der Waals surface area contributed by atoms with Gasteiger partial charge in [-0.2, -0.15) is 0 Å². The summed E-state index contributed by atoms with van der Waals surface area (Å²) in [5, 5.41) is 29.6. The van der Waals surface area contributed by atoms with Crippen molar-refractivity contribution in [1.82, 2.24) is 0 Å². The molecule has 1 amide bonds. The van der Waals surface area contributed by atoms with Crippen LogP contribution in [0, 0.1) is 10.1 Å². The topological polar surface area (TPSA) is 139 Å². The van der Waals surface area contributed by atoms with E-state index in [1.54, 1.807) is 18.2 Å². The number of benzene rings is 2. The minimum absolute atomic E-state index is 0.0351. The van der Waals surface area contributed by atoms with Crippen molar-refractivity contribution < 1.29 is 24.7 Å². The lowest BCUT2D eigenvalue weighted by Crippen LogP contribution is -2.43. The van der Waals surface area contributed by atoms with Crippen molar-refractivity contribution in [3.63, 3.8) is 0 Å². The summed E-state index contributed by atoms with van der Waals surface area (Å²) >= 11 is 0. The van der Waals surface area contributed by atoms with Gasteiger partial charge in [-0.05, 0) is 35.9 Å². The molecule has 0 aliphatic carbocycles. The van der Waals surface area contributed by atoms with Gasteiger partial charge < -0.3 is 20.7 Å². The highest BCUT2D eigenvalue weighted by Crippen LogP contribution is 2.37. The monoisotopic (exact) mass is 371 g/mol. The molecule has 1 aliphatic heterocycles. The summed E-state index contributed by atoms with van der Waals surface area (Å²) < 4.78 is 5.66. The third kappa shape index (κ3) is 3.89. The Morgan fingerprint density at radius 1 is 1.26 bits per heavy atom. The Labute approximate surface area is 154 Å². The van der Waals surface area contributed by atoms with Gasteiger partial charge in [0.25, 0.3) is 11.6 Å². The Hall–Kier alpha value is -3.43. The lowest BCUT2D eigenvalue weighted by atomic mass is 10.1. The molecule has 0 radical (unpaired) electrons. The zero-order chi connectivity index (χ0) is 19.6. The number of nitro benzene ring substituents is 1. The molecule has 1 atom stereocenters. The Morgan fingerprint density at radius 3 is 2.59 bits per heavy atom. The second kappa shape index (κ2) is 7.44. The van der Waals surface area contributed by atoms with Crippen molar-refractivity contribution >= 4 is 29.0 Å². The van der Waals surface area contributed by atoms with Gasteiger partial charge in [-0.15, -0.1) is 0 Å². The number of non-ortho nitro benzene ring substituents is 1. The van der Waals surface area contributed by atoms with E-state index in [0.29, 0.717) is 22.7 Å². The van der Waals surface area contributed by atoms with Crippen LogP contribution in [0.4, 0.5) is 17.1 Å². The van der Waals surface area contributed by atoms with E-state index < -0.39 is 23.5 Å². The average molecular weight is 371 g/mol. The standard InChI is InChI=1S/C18H17N3O6/c19-12-3-6-15-16(8-12)27-17(18(24)20(15)9-14(23)10-22)7-11-1-4-13(5-2-11)21(25)26/h1-8,14,22-23H,9-10,19H2/b17-7+. The zero-order valence-corrected chi connectivity index (χ0v) is 14.1. The van der Waals surface area contributed by atoms with Crippen LogP contribution in [0.2, 0.25) is 0 Å². The van der Waals surface area contributed by atoms with Crippen molar-refractivity contribution in [3.05, 3.63) is 63.9 Å². The fraction of sp³-hybridized carbons (Fsp3) is 0.167. The SMILES string of the molecule is Nc1ccc2c(c1)O/C(=C/c1ccc([N+](=O)[O-])cc1)C(=O)N2CC(O)CO. The molecule has 0 spiro atoms. The van der Waals surface area contributed by atoms with E-state index in [0.717, 1.165) is 0 Å². The lowest BCUT2D eigenvalue weighted by Gasteiger charge is -2.31. The van der Waals surface area contributed by atoms with E-state index in [1.807, 2.05) is 0 Å². The molecule has 9 nitrogen and oxygen atoms in total. The number of fused-ring (bicyclic) bond motifs is 1. The molecule has 0 saturated carbocycles. The molecule has 0 saturated heterocycles. The Kier molecular flexibility index (Phi) is 5.06. The maximum absolute atomic E-state index is 12.8. The molecule has 140 valence electrons. The molecule has 2 aromatic carbocycles. The number of ether oxygens (including phenoxy) is 1. The summed E-state index contributed by atoms with van der Waals surface area (Å²) in [6.07, 6.45) is 0.314. The number of anilines is 2. The van der Waals surface area contributed by atoms with Crippen molar-refractivity contribution in [2.24, 2.45) is 0 Å². The van der Waals surface area contributed by atoms with Crippen molar-refractivity contribution in [3.8, 4) is 5.75 Å². The maximum atomic E-state index is 12.8. The molecular formula is C18H17N3O6. The number of β-amino-alcohol motifs (C(OH)–C–C–N with tert-alkyl or cyclic N) is 1. The minimum atomic E-state index is -1.13. The normalized spacial score (nSPS) is 16.0. The first-order valence-corrected chi connectivity index (χ1v) is 8.03. The molecule has 1 unspecified atom stereocenters. The number of hydrogen-bond donors (Lipinski definition) is 3. The second-order valence-corrected chi connectivity index (χ2v) is 5.94. The van der Waals surface area contributed by atoms with E-state index in [-0.39, 0.29) is 18.0 Å². The summed E-state index contributed by atoms with van der Waals surface area (Å²) in [5.41, 5.74) is 7.08. The molecule has 27 heavy (non-hydrogen) atoms. The number of nitrogens with zero attached hydrogens (tertiary/aromatic N) is 2. The number of nitrogens with two attached hydrogens (primary N) is 1. The van der Waals surface area contributed by atoms with Crippen LogP contribution in [-0.2, 0) is 4.79 Å². The van der Waals surface area contributed by atoms with Crippen molar-refractivity contribution in [2.45, 2.75) is 6.10 Å². The molecule has 3 rings (SSSR count). The number of hydrogen-bond acceptors (Lipinski definition) is 7. The molecule has 9 heteroatoms. The number of amides is 1. The Morgan fingerprint density at radius 2 is 1.96 bits per heavy atom. The van der Waals surface area contributed by atoms with Crippen LogP contribution in [-0.4, -0.2) is 40.3 Å². The van der Waals surface area contributed by atoms with Crippen LogP contribution >= 0.6 is 0 Å². The summed E-state index contributed by atoms with van der Waals surface area (Å²) in [7, 11) is 0. The van der Waals surface area contributed by atoms with Gasteiger partial charge in [-0.1, -0.05) is 0 Å². The number of carbonyl (C=O) groups is 1. The summed E-state index contributed by atoms with van der Waals surface area (Å²) in [6, 6.07) is 10.4. The number of nitrogen functional groups attached to an aromatic ring is 1. The van der Waals surface area contributed by atoms with Crippen LogP contribution in [0.15, 0.2) is 48.2 Å². The van der Waals surface area contributed by atoms with Gasteiger partial charge in [0.15, 0.2) is 11.5 Å². The third-order valence-electron chi connectivity index (χ3n) is 3.96. The summed E-state index contributed by atoms with van der Waals surface area (Å²) in [5.74, 6) is -0.224. The van der Waals surface area contributed by atoms with Crippen molar-refractivity contribution in [1.29, 1.82) is 0 Å². The first-order valence-electron chi connectivity index (χ1n) is 8.03. The van der Waals surface area contributed by atoms with Gasteiger partial charge in [-0.3, -0.25) is 19.8 Å². The van der Waals surface area contributed by atoms with Gasteiger partial charge in [0.2, 0.25) is 0 Å².